The lowest BCUT2D eigenvalue weighted by molar-refractivity contribution is -0.153. The molecule has 4 rings (SSSR count). The highest BCUT2D eigenvalue weighted by molar-refractivity contribution is 7.92. The van der Waals surface area contributed by atoms with E-state index < -0.39 is 44.3 Å². The van der Waals surface area contributed by atoms with Crippen LogP contribution in [0.2, 0.25) is 0 Å². The third-order valence-electron chi connectivity index (χ3n) is 5.35. The predicted octanol–water partition coefficient (Wildman–Crippen LogP) is 3.84. The number of fused-ring (bicyclic) bond motifs is 1. The van der Waals surface area contributed by atoms with Gasteiger partial charge in [-0.1, -0.05) is 12.1 Å². The van der Waals surface area contributed by atoms with Gasteiger partial charge in [0, 0.05) is 0 Å². The van der Waals surface area contributed by atoms with Gasteiger partial charge in [-0.3, -0.25) is 9.10 Å². The second-order valence-corrected chi connectivity index (χ2v) is 11.4. The lowest BCUT2D eigenvalue weighted by Crippen LogP contribution is -2.45. The van der Waals surface area contributed by atoms with Crippen LogP contribution in [0.3, 0.4) is 0 Å². The molecule has 37 heavy (non-hydrogen) atoms. The fourth-order valence-electron chi connectivity index (χ4n) is 3.85. The summed E-state index contributed by atoms with van der Waals surface area (Å²) < 4.78 is 81.3. The summed E-state index contributed by atoms with van der Waals surface area (Å²) in [4.78, 5) is 11.8. The van der Waals surface area contributed by atoms with Crippen LogP contribution >= 0.6 is 0 Å². The first-order valence-electron chi connectivity index (χ1n) is 11.3. The van der Waals surface area contributed by atoms with E-state index in [9.17, 15) is 26.4 Å². The standard InChI is InChI=1S/C24H25F3N4O5S/c1-23(2,3)36-22(32)10-16-7-8-21-20(9-16)31(13-18(35-21)12-30-14-28-29-15-30)37(33,34)19-6-4-5-17(11-19)24(25,26)27/h4-9,11,14-15,18H,10,12-13H2,1-3H3/t18-/m0/s1. The molecule has 1 aliphatic heterocycles. The number of carbonyl (C=O) groups excluding carboxylic acids is 1. The van der Waals surface area contributed by atoms with E-state index in [2.05, 4.69) is 10.2 Å². The Balaban J connectivity index is 1.73. The van der Waals surface area contributed by atoms with Gasteiger partial charge in [0.25, 0.3) is 10.0 Å². The van der Waals surface area contributed by atoms with Gasteiger partial charge in [-0.05, 0) is 56.7 Å². The zero-order chi connectivity index (χ0) is 27.0. The van der Waals surface area contributed by atoms with E-state index in [-0.39, 0.29) is 30.9 Å². The van der Waals surface area contributed by atoms with Crippen LogP contribution in [0.25, 0.3) is 0 Å². The smallest absolute Gasteiger partial charge is 0.416 e. The molecule has 0 amide bonds. The summed E-state index contributed by atoms with van der Waals surface area (Å²) in [6.45, 7) is 5.18. The Kier molecular flexibility index (Phi) is 6.93. The summed E-state index contributed by atoms with van der Waals surface area (Å²) in [6, 6.07) is 8.17. The van der Waals surface area contributed by atoms with Crippen molar-refractivity contribution in [1.82, 2.24) is 14.8 Å². The van der Waals surface area contributed by atoms with Gasteiger partial charge in [-0.2, -0.15) is 13.2 Å². The van der Waals surface area contributed by atoms with Crippen molar-refractivity contribution in [2.45, 2.75) is 56.5 Å². The van der Waals surface area contributed by atoms with Gasteiger partial charge in [0.05, 0.1) is 35.7 Å². The maximum absolute atomic E-state index is 13.7. The molecule has 0 saturated carbocycles. The highest BCUT2D eigenvalue weighted by Gasteiger charge is 2.37. The molecule has 0 aliphatic carbocycles. The fraction of sp³-hybridized carbons (Fsp3) is 0.375. The van der Waals surface area contributed by atoms with Crippen LogP contribution in [-0.4, -0.2) is 47.4 Å². The second-order valence-electron chi connectivity index (χ2n) is 9.53. The molecule has 13 heteroatoms. The summed E-state index contributed by atoms with van der Waals surface area (Å²) >= 11 is 0. The maximum Gasteiger partial charge on any atom is 0.416 e. The molecule has 3 aromatic rings. The number of esters is 1. The van der Waals surface area contributed by atoms with Crippen molar-refractivity contribution in [1.29, 1.82) is 0 Å². The summed E-state index contributed by atoms with van der Waals surface area (Å²) in [5, 5.41) is 7.44. The van der Waals surface area contributed by atoms with E-state index in [1.165, 1.54) is 24.8 Å². The van der Waals surface area contributed by atoms with Gasteiger partial charge in [0.15, 0.2) is 0 Å². The molecule has 0 spiro atoms. The number of hydrogen-bond donors (Lipinski definition) is 0. The fourth-order valence-corrected chi connectivity index (χ4v) is 5.39. The third-order valence-corrected chi connectivity index (χ3v) is 7.13. The number of hydrogen-bond acceptors (Lipinski definition) is 7. The highest BCUT2D eigenvalue weighted by Crippen LogP contribution is 2.39. The van der Waals surface area contributed by atoms with Crippen LogP contribution < -0.4 is 9.04 Å². The van der Waals surface area contributed by atoms with Crippen LogP contribution in [-0.2, 0) is 38.7 Å². The number of benzene rings is 2. The first-order valence-corrected chi connectivity index (χ1v) is 12.7. The van der Waals surface area contributed by atoms with Crippen molar-refractivity contribution in [2.75, 3.05) is 10.8 Å². The maximum atomic E-state index is 13.7. The molecular weight excluding hydrogens is 513 g/mol. The van der Waals surface area contributed by atoms with Crippen LogP contribution in [0, 0.1) is 0 Å². The Morgan fingerprint density at radius 3 is 2.46 bits per heavy atom. The van der Waals surface area contributed by atoms with Crippen molar-refractivity contribution in [2.24, 2.45) is 0 Å². The van der Waals surface area contributed by atoms with Crippen LogP contribution in [0.1, 0.15) is 31.9 Å². The van der Waals surface area contributed by atoms with E-state index in [1.807, 2.05) is 0 Å². The summed E-state index contributed by atoms with van der Waals surface area (Å²) in [5.74, 6) is -0.310. The lowest BCUT2D eigenvalue weighted by Gasteiger charge is -2.36. The Hall–Kier alpha value is -3.61. The zero-order valence-corrected chi connectivity index (χ0v) is 21.1. The first kappa shape index (κ1) is 26.5. The molecule has 0 bridgehead atoms. The second kappa shape index (κ2) is 9.69. The largest absolute Gasteiger partial charge is 0.484 e. The van der Waals surface area contributed by atoms with Gasteiger partial charge >= 0.3 is 12.1 Å². The minimum Gasteiger partial charge on any atom is -0.484 e. The van der Waals surface area contributed by atoms with Crippen molar-refractivity contribution in [3.05, 3.63) is 66.2 Å². The first-order chi connectivity index (χ1) is 17.2. The molecule has 0 saturated heterocycles. The van der Waals surface area contributed by atoms with E-state index in [0.29, 0.717) is 11.6 Å². The normalized spacial score (nSPS) is 16.2. The minimum atomic E-state index is -4.72. The Labute approximate surface area is 211 Å². The van der Waals surface area contributed by atoms with Crippen LogP contribution in [0.15, 0.2) is 60.0 Å². The average Bonchev–Trinajstić information content (AvgIpc) is 3.30. The van der Waals surface area contributed by atoms with E-state index in [0.717, 1.165) is 22.5 Å². The molecule has 198 valence electrons. The molecule has 2 aromatic carbocycles. The molecule has 1 atom stereocenters. The zero-order valence-electron chi connectivity index (χ0n) is 20.3. The van der Waals surface area contributed by atoms with Crippen molar-refractivity contribution in [3.8, 4) is 5.75 Å². The van der Waals surface area contributed by atoms with Crippen LogP contribution in [0.5, 0.6) is 5.75 Å². The van der Waals surface area contributed by atoms with E-state index in [1.54, 1.807) is 31.4 Å². The van der Waals surface area contributed by atoms with Gasteiger partial charge in [0.2, 0.25) is 0 Å². The van der Waals surface area contributed by atoms with Crippen molar-refractivity contribution >= 4 is 21.7 Å². The van der Waals surface area contributed by atoms with Gasteiger partial charge in [-0.15, -0.1) is 10.2 Å². The quantitative estimate of drug-likeness (QED) is 0.440. The number of sulfonamides is 1. The van der Waals surface area contributed by atoms with Gasteiger partial charge in [-0.25, -0.2) is 8.42 Å². The summed E-state index contributed by atoms with van der Waals surface area (Å²) in [7, 11) is -4.45. The van der Waals surface area contributed by atoms with Crippen LogP contribution in [0.4, 0.5) is 18.9 Å². The topological polar surface area (TPSA) is 104 Å². The number of nitrogens with zero attached hydrogens (tertiary/aromatic N) is 4. The highest BCUT2D eigenvalue weighted by atomic mass is 32.2. The summed E-state index contributed by atoms with van der Waals surface area (Å²) in [6.07, 6.45) is -2.66. The minimum absolute atomic E-state index is 0.110. The monoisotopic (exact) mass is 538 g/mol. The molecule has 1 aromatic heterocycles. The van der Waals surface area contributed by atoms with Gasteiger partial charge in [0.1, 0.15) is 30.1 Å². The molecule has 9 nitrogen and oxygen atoms in total. The Morgan fingerprint density at radius 1 is 1.11 bits per heavy atom. The number of rotatable bonds is 6. The van der Waals surface area contributed by atoms with E-state index >= 15 is 0 Å². The average molecular weight is 539 g/mol. The lowest BCUT2D eigenvalue weighted by atomic mass is 10.1. The molecular formula is C24H25F3N4O5S. The van der Waals surface area contributed by atoms with Crippen molar-refractivity contribution in [3.63, 3.8) is 0 Å². The molecule has 2 heterocycles. The molecule has 0 radical (unpaired) electrons. The number of halogens is 3. The number of anilines is 1. The predicted molar refractivity (Wildman–Crippen MR) is 126 cm³/mol. The third kappa shape index (κ3) is 6.21. The van der Waals surface area contributed by atoms with E-state index in [4.69, 9.17) is 9.47 Å². The Morgan fingerprint density at radius 2 is 1.81 bits per heavy atom. The van der Waals surface area contributed by atoms with Crippen molar-refractivity contribution < 1.29 is 35.9 Å². The summed E-state index contributed by atoms with van der Waals surface area (Å²) in [5.41, 5.74) is -1.22. The Bertz CT molecular complexity index is 1390. The molecule has 1 aliphatic rings. The number of carbonyl (C=O) groups is 1. The number of aromatic nitrogens is 3. The SMILES string of the molecule is CC(C)(C)OC(=O)Cc1ccc2c(c1)N(S(=O)(=O)c1cccc(C(F)(F)F)c1)C[C@H](Cn1cnnc1)O2. The molecule has 0 fully saturated rings. The molecule has 0 N–H and O–H groups in total. The van der Waals surface area contributed by atoms with Gasteiger partial charge < -0.3 is 14.0 Å². The number of ether oxygens (including phenoxy) is 2. The molecule has 0 unspecified atom stereocenters. The number of alkyl halides is 3.